The number of para-hydroxylation sites is 1. The van der Waals surface area contributed by atoms with E-state index in [-0.39, 0.29) is 5.54 Å². The smallest absolute Gasteiger partial charge is 0.119 e. The summed E-state index contributed by atoms with van der Waals surface area (Å²) in [5.74, 6) is 1.63. The minimum absolute atomic E-state index is 0.242. The predicted molar refractivity (Wildman–Crippen MR) is 88.8 cm³/mol. The van der Waals surface area contributed by atoms with Crippen LogP contribution in [-0.2, 0) is 0 Å². The summed E-state index contributed by atoms with van der Waals surface area (Å²) in [5, 5.41) is 3.72. The summed E-state index contributed by atoms with van der Waals surface area (Å²) < 4.78 is 5.88. The lowest BCUT2D eigenvalue weighted by molar-refractivity contribution is 0.0283. The molecule has 2 unspecified atom stereocenters. The number of benzene rings is 1. The highest BCUT2D eigenvalue weighted by Gasteiger charge is 2.36. The van der Waals surface area contributed by atoms with Gasteiger partial charge in [0, 0.05) is 31.2 Å². The summed E-state index contributed by atoms with van der Waals surface area (Å²) in [5.41, 5.74) is 0.242. The van der Waals surface area contributed by atoms with Crippen LogP contribution in [0.1, 0.15) is 34.1 Å². The van der Waals surface area contributed by atoms with Gasteiger partial charge < -0.3 is 10.1 Å². The Hall–Kier alpha value is -1.06. The van der Waals surface area contributed by atoms with Crippen molar-refractivity contribution in [3.8, 4) is 5.75 Å². The van der Waals surface area contributed by atoms with Crippen LogP contribution >= 0.6 is 0 Å². The van der Waals surface area contributed by atoms with Gasteiger partial charge >= 0.3 is 0 Å². The third-order valence-electron chi connectivity index (χ3n) is 4.87. The van der Waals surface area contributed by atoms with Crippen LogP contribution in [-0.4, -0.2) is 42.7 Å². The Morgan fingerprint density at radius 1 is 1.33 bits per heavy atom. The molecule has 0 radical (unpaired) electrons. The number of rotatable bonds is 6. The fourth-order valence-electron chi connectivity index (χ4n) is 2.93. The van der Waals surface area contributed by atoms with E-state index < -0.39 is 0 Å². The monoisotopic (exact) mass is 290 g/mol. The van der Waals surface area contributed by atoms with Crippen LogP contribution < -0.4 is 10.1 Å². The molecule has 1 saturated heterocycles. The van der Waals surface area contributed by atoms with Crippen LogP contribution in [0.4, 0.5) is 0 Å². The third kappa shape index (κ3) is 4.21. The summed E-state index contributed by atoms with van der Waals surface area (Å²) in [7, 11) is 0. The fraction of sp³-hybridized carbons (Fsp3) is 0.667. The lowest BCUT2D eigenvalue weighted by Gasteiger charge is -2.48. The maximum absolute atomic E-state index is 5.88. The molecule has 1 aliphatic rings. The zero-order chi connectivity index (χ0) is 15.3. The average molecular weight is 290 g/mol. The zero-order valence-corrected chi connectivity index (χ0v) is 13.9. The van der Waals surface area contributed by atoms with E-state index in [2.05, 4.69) is 37.9 Å². The van der Waals surface area contributed by atoms with Crippen molar-refractivity contribution in [2.45, 2.75) is 45.7 Å². The Morgan fingerprint density at radius 3 is 2.67 bits per heavy atom. The molecule has 1 N–H and O–H groups in total. The SMILES string of the molecule is CCC1(C)CNC(C(C)C)CN1CCOc1ccccc1. The Kier molecular flexibility index (Phi) is 5.65. The maximum Gasteiger partial charge on any atom is 0.119 e. The Labute approximate surface area is 129 Å². The molecule has 118 valence electrons. The summed E-state index contributed by atoms with van der Waals surface area (Å²) in [6.07, 6.45) is 1.16. The summed E-state index contributed by atoms with van der Waals surface area (Å²) >= 11 is 0. The predicted octanol–water partition coefficient (Wildman–Crippen LogP) is 3.16. The molecule has 3 heteroatoms. The number of piperazine rings is 1. The number of hydrogen-bond donors (Lipinski definition) is 1. The number of ether oxygens (including phenoxy) is 1. The van der Waals surface area contributed by atoms with E-state index in [9.17, 15) is 0 Å². The number of nitrogens with one attached hydrogen (secondary N) is 1. The van der Waals surface area contributed by atoms with Crippen LogP contribution in [0.15, 0.2) is 30.3 Å². The Bertz CT molecular complexity index is 420. The van der Waals surface area contributed by atoms with E-state index in [1.54, 1.807) is 0 Å². The molecule has 0 spiro atoms. The quantitative estimate of drug-likeness (QED) is 0.871. The van der Waals surface area contributed by atoms with Gasteiger partial charge in [-0.15, -0.1) is 0 Å². The second-order valence-corrected chi connectivity index (χ2v) is 6.69. The van der Waals surface area contributed by atoms with Crippen molar-refractivity contribution in [3.63, 3.8) is 0 Å². The summed E-state index contributed by atoms with van der Waals surface area (Å²) in [6, 6.07) is 10.7. The second kappa shape index (κ2) is 7.28. The van der Waals surface area contributed by atoms with Crippen LogP contribution in [0.25, 0.3) is 0 Å². The molecule has 21 heavy (non-hydrogen) atoms. The normalized spacial score (nSPS) is 27.0. The minimum Gasteiger partial charge on any atom is -0.492 e. The first kappa shape index (κ1) is 16.3. The molecule has 0 aliphatic carbocycles. The summed E-state index contributed by atoms with van der Waals surface area (Å²) in [4.78, 5) is 2.61. The van der Waals surface area contributed by atoms with Gasteiger partial charge in [0.15, 0.2) is 0 Å². The molecule has 2 rings (SSSR count). The molecule has 2 atom stereocenters. The number of nitrogens with zero attached hydrogens (tertiary/aromatic N) is 1. The highest BCUT2D eigenvalue weighted by molar-refractivity contribution is 5.20. The third-order valence-corrected chi connectivity index (χ3v) is 4.87. The van der Waals surface area contributed by atoms with Gasteiger partial charge in [-0.05, 0) is 31.4 Å². The van der Waals surface area contributed by atoms with Crippen molar-refractivity contribution >= 4 is 0 Å². The molecule has 3 nitrogen and oxygen atoms in total. The van der Waals surface area contributed by atoms with E-state index in [1.807, 2.05) is 30.3 Å². The van der Waals surface area contributed by atoms with Gasteiger partial charge in [-0.1, -0.05) is 39.0 Å². The van der Waals surface area contributed by atoms with Gasteiger partial charge in [-0.3, -0.25) is 4.90 Å². The second-order valence-electron chi connectivity index (χ2n) is 6.69. The van der Waals surface area contributed by atoms with Crippen molar-refractivity contribution < 1.29 is 4.74 Å². The molecule has 0 saturated carbocycles. The highest BCUT2D eigenvalue weighted by Crippen LogP contribution is 2.24. The topological polar surface area (TPSA) is 24.5 Å². The molecule has 0 amide bonds. The molecule has 1 heterocycles. The van der Waals surface area contributed by atoms with Gasteiger partial charge in [-0.2, -0.15) is 0 Å². The first-order valence-electron chi connectivity index (χ1n) is 8.21. The zero-order valence-electron chi connectivity index (χ0n) is 13.9. The van der Waals surface area contributed by atoms with E-state index in [0.29, 0.717) is 12.0 Å². The molecule has 1 aromatic rings. The standard InChI is InChI=1S/C18H30N2O/c1-5-18(4)14-19-17(15(2)3)13-20(18)11-12-21-16-9-7-6-8-10-16/h6-10,15,17,19H,5,11-14H2,1-4H3. The van der Waals surface area contributed by atoms with Gasteiger partial charge in [-0.25, -0.2) is 0 Å². The molecule has 0 bridgehead atoms. The first-order valence-corrected chi connectivity index (χ1v) is 8.21. The average Bonchev–Trinajstić information content (AvgIpc) is 2.50. The van der Waals surface area contributed by atoms with Crippen LogP contribution in [0.5, 0.6) is 5.75 Å². The van der Waals surface area contributed by atoms with Crippen LogP contribution in [0.2, 0.25) is 0 Å². The molecule has 1 aliphatic heterocycles. The van der Waals surface area contributed by atoms with Crippen molar-refractivity contribution in [2.24, 2.45) is 5.92 Å². The van der Waals surface area contributed by atoms with Gasteiger partial charge in [0.25, 0.3) is 0 Å². The maximum atomic E-state index is 5.88. The van der Waals surface area contributed by atoms with Gasteiger partial charge in [0.05, 0.1) is 0 Å². The van der Waals surface area contributed by atoms with Gasteiger partial charge in [0.1, 0.15) is 12.4 Å². The van der Waals surface area contributed by atoms with E-state index in [0.717, 1.165) is 38.4 Å². The fourth-order valence-corrected chi connectivity index (χ4v) is 2.93. The first-order chi connectivity index (χ1) is 10.0. The minimum atomic E-state index is 0.242. The highest BCUT2D eigenvalue weighted by atomic mass is 16.5. The molecule has 1 fully saturated rings. The number of hydrogen-bond acceptors (Lipinski definition) is 3. The molecule has 0 aromatic heterocycles. The van der Waals surface area contributed by atoms with E-state index >= 15 is 0 Å². The van der Waals surface area contributed by atoms with Crippen molar-refractivity contribution in [2.75, 3.05) is 26.2 Å². The Morgan fingerprint density at radius 2 is 2.05 bits per heavy atom. The van der Waals surface area contributed by atoms with E-state index in [1.165, 1.54) is 0 Å². The lowest BCUT2D eigenvalue weighted by atomic mass is 9.89. The molecular weight excluding hydrogens is 260 g/mol. The largest absolute Gasteiger partial charge is 0.492 e. The molecular formula is C18H30N2O. The summed E-state index contributed by atoms with van der Waals surface area (Å²) in [6.45, 7) is 13.2. The van der Waals surface area contributed by atoms with Crippen LogP contribution in [0.3, 0.4) is 0 Å². The van der Waals surface area contributed by atoms with Crippen molar-refractivity contribution in [1.82, 2.24) is 10.2 Å². The van der Waals surface area contributed by atoms with Crippen LogP contribution in [0, 0.1) is 5.92 Å². The molecule has 1 aromatic carbocycles. The Balaban J connectivity index is 1.90. The van der Waals surface area contributed by atoms with Crippen molar-refractivity contribution in [3.05, 3.63) is 30.3 Å². The van der Waals surface area contributed by atoms with Crippen molar-refractivity contribution in [1.29, 1.82) is 0 Å². The van der Waals surface area contributed by atoms with E-state index in [4.69, 9.17) is 4.74 Å². The van der Waals surface area contributed by atoms with Gasteiger partial charge in [0.2, 0.25) is 0 Å². The lowest BCUT2D eigenvalue weighted by Crippen LogP contribution is -2.64.